The number of aromatic nitrogens is 2. The predicted molar refractivity (Wildman–Crippen MR) is 71.1 cm³/mol. The molecule has 0 radical (unpaired) electrons. The zero-order chi connectivity index (χ0) is 14.8. The van der Waals surface area contributed by atoms with Crippen molar-refractivity contribution in [2.24, 2.45) is 5.92 Å². The Labute approximate surface area is 124 Å². The van der Waals surface area contributed by atoms with Gasteiger partial charge < -0.3 is 5.32 Å². The lowest BCUT2D eigenvalue weighted by Crippen LogP contribution is -2.33. The first-order valence-corrected chi connectivity index (χ1v) is 6.81. The second kappa shape index (κ2) is 6.32. The van der Waals surface area contributed by atoms with Gasteiger partial charge in [-0.1, -0.05) is 23.2 Å². The van der Waals surface area contributed by atoms with Gasteiger partial charge in [0.15, 0.2) is 10.3 Å². The standard InChI is InChI=1S/C11H13Cl2F3N4/c12-9-3-8(10(13)19-18-9)17-4-7-1-2-20(5-7)6-11(14,15)16/h3,7H,1-2,4-6H2,(H,17,18). The van der Waals surface area contributed by atoms with Crippen LogP contribution in [0, 0.1) is 5.92 Å². The fraction of sp³-hybridized carbons (Fsp3) is 0.636. The molecule has 1 aromatic heterocycles. The highest BCUT2D eigenvalue weighted by atomic mass is 35.5. The van der Waals surface area contributed by atoms with E-state index in [9.17, 15) is 13.2 Å². The van der Waals surface area contributed by atoms with Gasteiger partial charge in [-0.15, -0.1) is 10.2 Å². The van der Waals surface area contributed by atoms with Gasteiger partial charge in [0.05, 0.1) is 12.2 Å². The lowest BCUT2D eigenvalue weighted by molar-refractivity contribution is -0.143. The summed E-state index contributed by atoms with van der Waals surface area (Å²) >= 11 is 11.5. The van der Waals surface area contributed by atoms with Crippen LogP contribution in [0.3, 0.4) is 0 Å². The van der Waals surface area contributed by atoms with Crippen LogP contribution in [0.1, 0.15) is 6.42 Å². The van der Waals surface area contributed by atoms with Crippen molar-refractivity contribution in [1.82, 2.24) is 15.1 Å². The number of nitrogens with one attached hydrogen (secondary N) is 1. The molecular weight excluding hydrogens is 316 g/mol. The summed E-state index contributed by atoms with van der Waals surface area (Å²) in [5, 5.41) is 10.7. The van der Waals surface area contributed by atoms with E-state index in [2.05, 4.69) is 15.5 Å². The maximum atomic E-state index is 12.3. The number of halogens is 5. The van der Waals surface area contributed by atoms with Crippen LogP contribution < -0.4 is 5.32 Å². The van der Waals surface area contributed by atoms with Crippen molar-refractivity contribution >= 4 is 28.9 Å². The average Bonchev–Trinajstić information content (AvgIpc) is 2.75. The lowest BCUT2D eigenvalue weighted by atomic mass is 10.1. The number of alkyl halides is 3. The molecule has 1 fully saturated rings. The molecule has 0 spiro atoms. The number of rotatable bonds is 4. The van der Waals surface area contributed by atoms with Crippen molar-refractivity contribution in [3.8, 4) is 0 Å². The van der Waals surface area contributed by atoms with Crippen LogP contribution in [-0.2, 0) is 0 Å². The number of hydrogen-bond donors (Lipinski definition) is 1. The number of hydrogen-bond acceptors (Lipinski definition) is 4. The molecule has 1 unspecified atom stereocenters. The van der Waals surface area contributed by atoms with Gasteiger partial charge in [0.1, 0.15) is 0 Å². The monoisotopic (exact) mass is 328 g/mol. The summed E-state index contributed by atoms with van der Waals surface area (Å²) in [6, 6.07) is 1.54. The van der Waals surface area contributed by atoms with E-state index in [1.807, 2.05) is 0 Å². The molecular formula is C11H13Cl2F3N4. The summed E-state index contributed by atoms with van der Waals surface area (Å²) in [5.41, 5.74) is 0.543. The van der Waals surface area contributed by atoms with Crippen LogP contribution in [0.15, 0.2) is 6.07 Å². The highest BCUT2D eigenvalue weighted by Gasteiger charge is 2.34. The molecule has 2 rings (SSSR count). The Bertz CT molecular complexity index is 469. The average molecular weight is 329 g/mol. The molecule has 9 heteroatoms. The third-order valence-corrected chi connectivity index (χ3v) is 3.54. The quantitative estimate of drug-likeness (QED) is 0.922. The minimum atomic E-state index is -4.14. The van der Waals surface area contributed by atoms with E-state index in [0.29, 0.717) is 31.7 Å². The highest BCUT2D eigenvalue weighted by molar-refractivity contribution is 6.33. The summed E-state index contributed by atoms with van der Waals surface area (Å²) < 4.78 is 36.8. The number of nitrogens with zero attached hydrogens (tertiary/aromatic N) is 3. The Morgan fingerprint density at radius 1 is 1.35 bits per heavy atom. The van der Waals surface area contributed by atoms with Crippen LogP contribution >= 0.6 is 23.2 Å². The first kappa shape index (κ1) is 15.6. The Kier molecular flexibility index (Phi) is 4.93. The zero-order valence-corrected chi connectivity index (χ0v) is 11.9. The Morgan fingerprint density at radius 3 is 2.80 bits per heavy atom. The predicted octanol–water partition coefficient (Wildman–Crippen LogP) is 3.08. The van der Waals surface area contributed by atoms with E-state index in [1.165, 1.54) is 4.90 Å². The molecule has 112 valence electrons. The minimum Gasteiger partial charge on any atom is -0.382 e. The number of anilines is 1. The van der Waals surface area contributed by atoms with Crippen molar-refractivity contribution < 1.29 is 13.2 Å². The Balaban J connectivity index is 1.82. The molecule has 1 saturated heterocycles. The van der Waals surface area contributed by atoms with Gasteiger partial charge in [0.2, 0.25) is 0 Å². The SMILES string of the molecule is FC(F)(F)CN1CCC(CNc2cc(Cl)nnc2Cl)C1. The first-order valence-electron chi connectivity index (χ1n) is 6.05. The van der Waals surface area contributed by atoms with Gasteiger partial charge in [0.25, 0.3) is 0 Å². The van der Waals surface area contributed by atoms with E-state index in [-0.39, 0.29) is 16.2 Å². The third kappa shape index (κ3) is 4.64. The molecule has 20 heavy (non-hydrogen) atoms. The maximum absolute atomic E-state index is 12.3. The van der Waals surface area contributed by atoms with Crippen LogP contribution in [0.25, 0.3) is 0 Å². The van der Waals surface area contributed by atoms with Gasteiger partial charge in [-0.2, -0.15) is 13.2 Å². The summed E-state index contributed by atoms with van der Waals surface area (Å²) in [7, 11) is 0. The smallest absolute Gasteiger partial charge is 0.382 e. The molecule has 0 bridgehead atoms. The van der Waals surface area contributed by atoms with Crippen molar-refractivity contribution in [3.05, 3.63) is 16.4 Å². The summed E-state index contributed by atoms with van der Waals surface area (Å²) in [6.45, 7) is 0.536. The summed E-state index contributed by atoms with van der Waals surface area (Å²) in [5.74, 6) is 0.139. The molecule has 0 amide bonds. The highest BCUT2D eigenvalue weighted by Crippen LogP contribution is 2.25. The molecule has 0 aromatic carbocycles. The largest absolute Gasteiger partial charge is 0.401 e. The molecule has 2 heterocycles. The summed E-state index contributed by atoms with van der Waals surface area (Å²) in [4.78, 5) is 1.41. The van der Waals surface area contributed by atoms with Gasteiger partial charge >= 0.3 is 6.18 Å². The van der Waals surface area contributed by atoms with E-state index in [4.69, 9.17) is 23.2 Å². The number of likely N-dealkylation sites (tertiary alicyclic amines) is 1. The van der Waals surface area contributed by atoms with Gasteiger partial charge in [0, 0.05) is 19.2 Å². The third-order valence-electron chi connectivity index (χ3n) is 3.07. The van der Waals surface area contributed by atoms with E-state index < -0.39 is 12.7 Å². The molecule has 0 saturated carbocycles. The van der Waals surface area contributed by atoms with E-state index in [1.54, 1.807) is 6.07 Å². The molecule has 1 aliphatic rings. The molecule has 4 nitrogen and oxygen atoms in total. The fourth-order valence-corrected chi connectivity index (χ4v) is 2.51. The normalized spacial score (nSPS) is 20.4. The van der Waals surface area contributed by atoms with Crippen molar-refractivity contribution in [3.63, 3.8) is 0 Å². The second-order valence-electron chi connectivity index (χ2n) is 4.76. The van der Waals surface area contributed by atoms with Gasteiger partial charge in [-0.25, -0.2) is 0 Å². The van der Waals surface area contributed by atoms with E-state index in [0.717, 1.165) is 0 Å². The van der Waals surface area contributed by atoms with Crippen molar-refractivity contribution in [2.75, 3.05) is 31.5 Å². The Morgan fingerprint density at radius 2 is 2.10 bits per heavy atom. The zero-order valence-electron chi connectivity index (χ0n) is 10.4. The maximum Gasteiger partial charge on any atom is 0.401 e. The molecule has 1 aliphatic heterocycles. The van der Waals surface area contributed by atoms with Crippen LogP contribution in [0.4, 0.5) is 18.9 Å². The van der Waals surface area contributed by atoms with Gasteiger partial charge in [-0.3, -0.25) is 4.90 Å². The molecule has 0 aliphatic carbocycles. The summed E-state index contributed by atoms with van der Waals surface area (Å²) in [6.07, 6.45) is -3.43. The van der Waals surface area contributed by atoms with Gasteiger partial charge in [-0.05, 0) is 18.9 Å². The lowest BCUT2D eigenvalue weighted by Gasteiger charge is -2.18. The minimum absolute atomic E-state index is 0.139. The van der Waals surface area contributed by atoms with Crippen molar-refractivity contribution in [1.29, 1.82) is 0 Å². The van der Waals surface area contributed by atoms with Crippen LogP contribution in [-0.4, -0.2) is 47.5 Å². The second-order valence-corrected chi connectivity index (χ2v) is 5.50. The first-order chi connectivity index (χ1) is 9.33. The molecule has 1 N–H and O–H groups in total. The Hall–Kier alpha value is -0.790. The molecule has 1 aromatic rings. The van der Waals surface area contributed by atoms with Crippen LogP contribution in [0.2, 0.25) is 10.3 Å². The fourth-order valence-electron chi connectivity index (χ4n) is 2.21. The van der Waals surface area contributed by atoms with Crippen molar-refractivity contribution in [2.45, 2.75) is 12.6 Å². The van der Waals surface area contributed by atoms with E-state index >= 15 is 0 Å². The topological polar surface area (TPSA) is 41.0 Å². The van der Waals surface area contributed by atoms with Crippen LogP contribution in [0.5, 0.6) is 0 Å². The molecule has 1 atom stereocenters.